The zero-order chi connectivity index (χ0) is 19.0. The van der Waals surface area contributed by atoms with E-state index in [0.29, 0.717) is 22.8 Å². The SMILES string of the molecule is Cc1cc(-c2nc3ncccc3o2)ccc1NC(=O)c1ccc([N+](=O)[O-])o1. The number of carbonyl (C=O) groups is 1. The van der Waals surface area contributed by atoms with Crippen molar-refractivity contribution in [2.24, 2.45) is 0 Å². The molecule has 0 aliphatic carbocycles. The average Bonchev–Trinajstić information content (AvgIpc) is 3.30. The number of aromatic nitrogens is 2. The normalized spacial score (nSPS) is 10.9. The molecule has 1 aromatic carbocycles. The number of rotatable bonds is 4. The molecule has 1 N–H and O–H groups in total. The Kier molecular flexibility index (Phi) is 3.88. The maximum absolute atomic E-state index is 12.2. The summed E-state index contributed by atoms with van der Waals surface area (Å²) in [5, 5.41) is 13.3. The molecule has 3 heterocycles. The number of pyridine rings is 1. The summed E-state index contributed by atoms with van der Waals surface area (Å²) < 4.78 is 10.6. The van der Waals surface area contributed by atoms with Gasteiger partial charge >= 0.3 is 5.88 Å². The predicted molar refractivity (Wildman–Crippen MR) is 95.3 cm³/mol. The van der Waals surface area contributed by atoms with E-state index in [4.69, 9.17) is 8.83 Å². The first kappa shape index (κ1) is 16.5. The van der Waals surface area contributed by atoms with Crippen LogP contribution in [-0.2, 0) is 0 Å². The Morgan fingerprint density at radius 3 is 2.74 bits per heavy atom. The van der Waals surface area contributed by atoms with E-state index in [1.54, 1.807) is 30.5 Å². The fourth-order valence-electron chi connectivity index (χ4n) is 2.56. The van der Waals surface area contributed by atoms with Crippen LogP contribution in [0.5, 0.6) is 0 Å². The Morgan fingerprint density at radius 2 is 2.04 bits per heavy atom. The maximum atomic E-state index is 12.2. The van der Waals surface area contributed by atoms with Crippen molar-refractivity contribution in [3.8, 4) is 11.5 Å². The molecule has 4 rings (SSSR count). The Morgan fingerprint density at radius 1 is 1.19 bits per heavy atom. The summed E-state index contributed by atoms with van der Waals surface area (Å²) in [6.07, 6.45) is 1.64. The number of aryl methyl sites for hydroxylation is 1. The fraction of sp³-hybridized carbons (Fsp3) is 0.0556. The number of nitrogens with zero attached hydrogens (tertiary/aromatic N) is 3. The van der Waals surface area contributed by atoms with E-state index in [1.165, 1.54) is 6.07 Å². The van der Waals surface area contributed by atoms with Crippen LogP contribution in [0.3, 0.4) is 0 Å². The van der Waals surface area contributed by atoms with Crippen molar-refractivity contribution in [2.45, 2.75) is 6.92 Å². The number of oxazole rings is 1. The Hall–Kier alpha value is -4.01. The van der Waals surface area contributed by atoms with Gasteiger partial charge in [0.05, 0.1) is 6.07 Å². The van der Waals surface area contributed by atoms with Crippen molar-refractivity contribution < 1.29 is 18.6 Å². The minimum Gasteiger partial charge on any atom is -0.434 e. The number of amides is 1. The summed E-state index contributed by atoms with van der Waals surface area (Å²) in [5.74, 6) is -0.789. The van der Waals surface area contributed by atoms with E-state index in [0.717, 1.165) is 17.2 Å². The van der Waals surface area contributed by atoms with Gasteiger partial charge in [-0.1, -0.05) is 0 Å². The van der Waals surface area contributed by atoms with Crippen molar-refractivity contribution in [2.75, 3.05) is 5.32 Å². The highest BCUT2D eigenvalue weighted by molar-refractivity contribution is 6.03. The lowest BCUT2D eigenvalue weighted by Gasteiger charge is -2.08. The fourth-order valence-corrected chi connectivity index (χ4v) is 2.56. The van der Waals surface area contributed by atoms with Gasteiger partial charge in [-0.05, 0) is 48.9 Å². The monoisotopic (exact) mass is 364 g/mol. The van der Waals surface area contributed by atoms with Crippen molar-refractivity contribution in [3.63, 3.8) is 0 Å². The molecule has 4 aromatic rings. The van der Waals surface area contributed by atoms with E-state index >= 15 is 0 Å². The molecule has 27 heavy (non-hydrogen) atoms. The molecule has 0 unspecified atom stereocenters. The number of nitrogens with one attached hydrogen (secondary N) is 1. The third-order valence-corrected chi connectivity index (χ3v) is 3.88. The van der Waals surface area contributed by atoms with E-state index in [2.05, 4.69) is 15.3 Å². The van der Waals surface area contributed by atoms with Gasteiger partial charge in [0.1, 0.15) is 4.92 Å². The molecule has 0 radical (unpaired) electrons. The minimum atomic E-state index is -0.702. The highest BCUT2D eigenvalue weighted by atomic mass is 16.6. The molecule has 0 spiro atoms. The molecule has 0 saturated carbocycles. The van der Waals surface area contributed by atoms with E-state index in [9.17, 15) is 14.9 Å². The number of furan rings is 1. The van der Waals surface area contributed by atoms with Gasteiger partial charge in [-0.2, -0.15) is 4.98 Å². The Balaban J connectivity index is 1.57. The zero-order valence-corrected chi connectivity index (χ0v) is 14.0. The summed E-state index contributed by atoms with van der Waals surface area (Å²) >= 11 is 0. The summed E-state index contributed by atoms with van der Waals surface area (Å²) in [7, 11) is 0. The lowest BCUT2D eigenvalue weighted by atomic mass is 10.1. The molecule has 0 atom stereocenters. The highest BCUT2D eigenvalue weighted by Gasteiger charge is 2.18. The van der Waals surface area contributed by atoms with Crippen molar-refractivity contribution in [3.05, 3.63) is 70.1 Å². The quantitative estimate of drug-likeness (QED) is 0.429. The molecule has 9 nitrogen and oxygen atoms in total. The van der Waals surface area contributed by atoms with Crippen LogP contribution in [-0.4, -0.2) is 20.8 Å². The highest BCUT2D eigenvalue weighted by Crippen LogP contribution is 2.27. The summed E-state index contributed by atoms with van der Waals surface area (Å²) in [6, 6.07) is 11.2. The molecule has 0 saturated heterocycles. The molecule has 9 heteroatoms. The second-order valence-electron chi connectivity index (χ2n) is 5.72. The van der Waals surface area contributed by atoms with Crippen LogP contribution in [0.15, 0.2) is 57.5 Å². The molecule has 0 fully saturated rings. The van der Waals surface area contributed by atoms with Crippen LogP contribution >= 0.6 is 0 Å². The van der Waals surface area contributed by atoms with Gasteiger partial charge in [-0.3, -0.25) is 14.9 Å². The van der Waals surface area contributed by atoms with Crippen molar-refractivity contribution >= 4 is 28.7 Å². The van der Waals surface area contributed by atoms with Gasteiger partial charge in [0, 0.05) is 17.4 Å². The first-order chi connectivity index (χ1) is 13.0. The molecule has 3 aromatic heterocycles. The second-order valence-corrected chi connectivity index (χ2v) is 5.72. The zero-order valence-electron chi connectivity index (χ0n) is 14.0. The van der Waals surface area contributed by atoms with Crippen LogP contribution in [0.4, 0.5) is 11.6 Å². The van der Waals surface area contributed by atoms with Gasteiger partial charge in [-0.15, -0.1) is 0 Å². The Labute approximate surface area is 151 Å². The van der Waals surface area contributed by atoms with E-state index < -0.39 is 16.7 Å². The van der Waals surface area contributed by atoms with Crippen LogP contribution in [0.1, 0.15) is 16.1 Å². The summed E-state index contributed by atoms with van der Waals surface area (Å²) in [6.45, 7) is 1.81. The van der Waals surface area contributed by atoms with Gasteiger partial charge < -0.3 is 14.2 Å². The van der Waals surface area contributed by atoms with E-state index in [-0.39, 0.29) is 5.76 Å². The van der Waals surface area contributed by atoms with Gasteiger partial charge in [0.25, 0.3) is 5.91 Å². The number of hydrogen-bond acceptors (Lipinski definition) is 7. The van der Waals surface area contributed by atoms with Gasteiger partial charge in [-0.25, -0.2) is 4.98 Å². The van der Waals surface area contributed by atoms with Crippen LogP contribution < -0.4 is 5.32 Å². The topological polar surface area (TPSA) is 124 Å². The van der Waals surface area contributed by atoms with Crippen LogP contribution in [0.2, 0.25) is 0 Å². The second kappa shape index (κ2) is 6.37. The number of carbonyl (C=O) groups excluding carboxylic acids is 1. The van der Waals surface area contributed by atoms with Crippen molar-refractivity contribution in [1.82, 2.24) is 9.97 Å². The largest absolute Gasteiger partial charge is 0.434 e. The maximum Gasteiger partial charge on any atom is 0.433 e. The van der Waals surface area contributed by atoms with Gasteiger partial charge in [0.15, 0.2) is 17.0 Å². The Bertz CT molecular complexity index is 1140. The van der Waals surface area contributed by atoms with Crippen LogP contribution in [0, 0.1) is 17.0 Å². The number of nitro groups is 1. The van der Waals surface area contributed by atoms with Gasteiger partial charge in [0.2, 0.25) is 5.89 Å². The third kappa shape index (κ3) is 3.13. The predicted octanol–water partition coefficient (Wildman–Crippen LogP) is 3.95. The number of fused-ring (bicyclic) bond motifs is 1. The molecule has 0 aliphatic rings. The molecular formula is C18H12N4O5. The summed E-state index contributed by atoms with van der Waals surface area (Å²) in [4.78, 5) is 30.6. The average molecular weight is 364 g/mol. The molecule has 0 bridgehead atoms. The number of benzene rings is 1. The standard InChI is InChI=1S/C18H12N4O5/c1-10-9-11(18-21-16-13(27-18)3-2-8-19-16)4-5-12(10)20-17(23)14-6-7-15(26-14)22(24)25/h2-9H,1H3,(H,20,23). The smallest absolute Gasteiger partial charge is 0.433 e. The van der Waals surface area contributed by atoms with E-state index in [1.807, 2.05) is 13.0 Å². The molecule has 1 amide bonds. The lowest BCUT2D eigenvalue weighted by Crippen LogP contribution is -2.11. The molecule has 134 valence electrons. The number of anilines is 1. The minimum absolute atomic E-state index is 0.143. The summed E-state index contributed by atoms with van der Waals surface area (Å²) in [5.41, 5.74) is 3.13. The molecule has 0 aliphatic heterocycles. The van der Waals surface area contributed by atoms with Crippen LogP contribution in [0.25, 0.3) is 22.7 Å². The first-order valence-corrected chi connectivity index (χ1v) is 7.89. The third-order valence-electron chi connectivity index (χ3n) is 3.88. The first-order valence-electron chi connectivity index (χ1n) is 7.89. The van der Waals surface area contributed by atoms with Crippen molar-refractivity contribution in [1.29, 1.82) is 0 Å². The molecular weight excluding hydrogens is 352 g/mol. The number of hydrogen-bond donors (Lipinski definition) is 1. The lowest BCUT2D eigenvalue weighted by molar-refractivity contribution is -0.402.